The van der Waals surface area contributed by atoms with Crippen LogP contribution in [0.3, 0.4) is 0 Å². The average Bonchev–Trinajstić information content (AvgIpc) is 3.10. The average molecular weight is 256 g/mol. The maximum Gasteiger partial charge on any atom is 0.359 e. The van der Waals surface area contributed by atoms with Gasteiger partial charge in [0.05, 0.1) is 10.8 Å². The molecule has 1 heterocycles. The molecule has 0 aromatic heterocycles. The van der Waals surface area contributed by atoms with Crippen LogP contribution < -0.4 is 0 Å². The molecule has 0 radical (unpaired) electrons. The number of rotatable bonds is 2. The van der Waals surface area contributed by atoms with Gasteiger partial charge in [0, 0.05) is 11.5 Å². The molecule has 0 amide bonds. The van der Waals surface area contributed by atoms with E-state index < -0.39 is 11.8 Å². The van der Waals surface area contributed by atoms with E-state index in [1.165, 1.54) is 0 Å². The van der Waals surface area contributed by atoms with Gasteiger partial charge in [-0.15, -0.1) is 0 Å². The summed E-state index contributed by atoms with van der Waals surface area (Å²) in [6, 6.07) is 9.38. The molecule has 1 aromatic carbocycles. The number of nitrogens with zero attached hydrogens (tertiary/aromatic N) is 2. The predicted octanol–water partition coefficient (Wildman–Crippen LogP) is 2.01. The molecule has 96 valence electrons. The van der Waals surface area contributed by atoms with Crippen LogP contribution in [0.1, 0.15) is 12.0 Å². The monoisotopic (exact) mass is 256 g/mol. The van der Waals surface area contributed by atoms with E-state index in [9.17, 15) is 10.1 Å². The molecule has 1 aliphatic heterocycles. The molecule has 0 N–H and O–H groups in total. The minimum Gasteiger partial charge on any atom is -0.463 e. The van der Waals surface area contributed by atoms with Crippen LogP contribution in [-0.2, 0) is 4.74 Å². The van der Waals surface area contributed by atoms with Crippen molar-refractivity contribution in [1.29, 1.82) is 0 Å². The Morgan fingerprint density at radius 2 is 2.11 bits per heavy atom. The van der Waals surface area contributed by atoms with Crippen molar-refractivity contribution in [3.8, 4) is 0 Å². The van der Waals surface area contributed by atoms with Crippen molar-refractivity contribution in [2.45, 2.75) is 18.2 Å². The normalized spacial score (nSPS) is 37.9. The van der Waals surface area contributed by atoms with Crippen molar-refractivity contribution in [2.75, 3.05) is 0 Å². The van der Waals surface area contributed by atoms with Crippen molar-refractivity contribution in [1.82, 2.24) is 0 Å². The Bertz CT molecular complexity index is 610. The summed E-state index contributed by atoms with van der Waals surface area (Å²) in [5, 5.41) is 11.6. The lowest BCUT2D eigenvalue weighted by Crippen LogP contribution is -2.48. The van der Waals surface area contributed by atoms with Gasteiger partial charge in [-0.1, -0.05) is 30.4 Å². The van der Waals surface area contributed by atoms with E-state index >= 15 is 0 Å². The molecule has 1 saturated carbocycles. The second kappa shape index (κ2) is 3.44. The van der Waals surface area contributed by atoms with Gasteiger partial charge in [0.1, 0.15) is 0 Å². The van der Waals surface area contributed by atoms with E-state index in [0.29, 0.717) is 5.90 Å². The lowest BCUT2D eigenvalue weighted by atomic mass is 9.92. The Balaban J connectivity index is 1.82. The molecule has 2 aliphatic carbocycles. The molecule has 0 saturated heterocycles. The second-order valence-corrected chi connectivity index (χ2v) is 5.25. The van der Waals surface area contributed by atoms with Gasteiger partial charge >= 0.3 is 5.66 Å². The molecule has 2 bridgehead atoms. The molecular formula is C14H12N2O3. The van der Waals surface area contributed by atoms with Crippen molar-refractivity contribution < 1.29 is 9.66 Å². The zero-order valence-electron chi connectivity index (χ0n) is 10.1. The molecule has 4 rings (SSSR count). The third-order valence-corrected chi connectivity index (χ3v) is 4.30. The Hall–Kier alpha value is -2.17. The number of hydrogen-bond acceptors (Lipinski definition) is 4. The molecule has 19 heavy (non-hydrogen) atoms. The highest BCUT2D eigenvalue weighted by Crippen LogP contribution is 2.53. The fourth-order valence-electron chi connectivity index (χ4n) is 3.42. The van der Waals surface area contributed by atoms with Crippen LogP contribution in [0.4, 0.5) is 0 Å². The SMILES string of the molecule is O=[N+]([O-])[C@@]12N=C(c3ccccc3)O[C@@H]1[C@@H]1C=C[C@H]2C1. The van der Waals surface area contributed by atoms with Crippen LogP contribution in [0.2, 0.25) is 0 Å². The first-order valence-electron chi connectivity index (χ1n) is 6.36. The van der Waals surface area contributed by atoms with Crippen LogP contribution in [-0.4, -0.2) is 22.6 Å². The van der Waals surface area contributed by atoms with Crippen molar-refractivity contribution >= 4 is 5.90 Å². The largest absolute Gasteiger partial charge is 0.463 e. The quantitative estimate of drug-likeness (QED) is 0.462. The molecule has 5 nitrogen and oxygen atoms in total. The Morgan fingerprint density at radius 3 is 2.79 bits per heavy atom. The molecule has 4 atom stereocenters. The molecular weight excluding hydrogens is 244 g/mol. The Kier molecular flexibility index (Phi) is 1.94. The predicted molar refractivity (Wildman–Crippen MR) is 68.3 cm³/mol. The van der Waals surface area contributed by atoms with Gasteiger partial charge in [0.15, 0.2) is 6.10 Å². The number of aliphatic imine (C=N–C) groups is 1. The first-order chi connectivity index (χ1) is 9.22. The van der Waals surface area contributed by atoms with E-state index in [0.717, 1.165) is 12.0 Å². The lowest BCUT2D eigenvalue weighted by molar-refractivity contribution is -0.580. The third kappa shape index (κ3) is 1.22. The number of nitro groups is 1. The molecule has 1 aromatic rings. The summed E-state index contributed by atoms with van der Waals surface area (Å²) in [7, 11) is 0. The maximum atomic E-state index is 11.6. The highest BCUT2D eigenvalue weighted by atomic mass is 16.6. The van der Waals surface area contributed by atoms with Crippen molar-refractivity contribution in [2.24, 2.45) is 16.8 Å². The summed E-state index contributed by atoms with van der Waals surface area (Å²) >= 11 is 0. The number of benzene rings is 1. The molecule has 0 spiro atoms. The Morgan fingerprint density at radius 1 is 1.32 bits per heavy atom. The summed E-state index contributed by atoms with van der Waals surface area (Å²) in [6.45, 7) is 0. The zero-order chi connectivity index (χ0) is 13.0. The molecule has 0 unspecified atom stereocenters. The number of ether oxygens (including phenoxy) is 1. The van der Waals surface area contributed by atoms with Crippen LogP contribution in [0.15, 0.2) is 47.5 Å². The van der Waals surface area contributed by atoms with Gasteiger partial charge in [0.25, 0.3) is 0 Å². The number of fused-ring (bicyclic) bond motifs is 5. The van der Waals surface area contributed by atoms with Gasteiger partial charge in [0.2, 0.25) is 5.90 Å². The highest BCUT2D eigenvalue weighted by molar-refractivity contribution is 5.95. The minimum atomic E-state index is -1.30. The van der Waals surface area contributed by atoms with Crippen LogP contribution in [0, 0.1) is 22.0 Å². The highest BCUT2D eigenvalue weighted by Gasteiger charge is 2.70. The fraction of sp³-hybridized carbons (Fsp3) is 0.357. The summed E-state index contributed by atoms with van der Waals surface area (Å²) in [5.41, 5.74) is -0.498. The van der Waals surface area contributed by atoms with Crippen LogP contribution in [0.5, 0.6) is 0 Å². The standard InChI is InChI=1S/C14H12N2O3/c17-16(18)14-11-7-6-10(8-11)12(14)19-13(15-14)9-4-2-1-3-5-9/h1-7,10-12H,8H2/t10-,11+,12-,14-/m1/s1. The molecule has 3 aliphatic rings. The zero-order valence-corrected chi connectivity index (χ0v) is 10.1. The molecule has 5 heteroatoms. The number of hydrogen-bond donors (Lipinski definition) is 0. The smallest absolute Gasteiger partial charge is 0.359 e. The van der Waals surface area contributed by atoms with Gasteiger partial charge in [-0.2, -0.15) is 4.99 Å². The van der Waals surface area contributed by atoms with Gasteiger partial charge in [-0.05, 0) is 18.6 Å². The second-order valence-electron chi connectivity index (χ2n) is 5.25. The van der Waals surface area contributed by atoms with Crippen molar-refractivity contribution in [3.05, 3.63) is 58.2 Å². The van der Waals surface area contributed by atoms with Gasteiger partial charge in [-0.3, -0.25) is 10.1 Å². The van der Waals surface area contributed by atoms with Gasteiger partial charge < -0.3 is 4.74 Å². The van der Waals surface area contributed by atoms with Gasteiger partial charge in [-0.25, -0.2) is 0 Å². The summed E-state index contributed by atoms with van der Waals surface area (Å²) < 4.78 is 5.83. The van der Waals surface area contributed by atoms with Crippen molar-refractivity contribution in [3.63, 3.8) is 0 Å². The first-order valence-corrected chi connectivity index (χ1v) is 6.36. The summed E-state index contributed by atoms with van der Waals surface area (Å²) in [6.07, 6.45) is 4.27. The van der Waals surface area contributed by atoms with E-state index in [1.807, 2.05) is 42.5 Å². The van der Waals surface area contributed by atoms with E-state index in [4.69, 9.17) is 4.74 Å². The lowest BCUT2D eigenvalue weighted by Gasteiger charge is -2.23. The van der Waals surface area contributed by atoms with Crippen LogP contribution >= 0.6 is 0 Å². The topological polar surface area (TPSA) is 64.7 Å². The minimum absolute atomic E-state index is 0.111. The first kappa shape index (κ1) is 10.7. The van der Waals surface area contributed by atoms with E-state index in [2.05, 4.69) is 4.99 Å². The maximum absolute atomic E-state index is 11.6. The Labute approximate surface area is 109 Å². The molecule has 1 fully saturated rings. The summed E-state index contributed by atoms with van der Waals surface area (Å²) in [5.74, 6) is 0.375. The van der Waals surface area contributed by atoms with E-state index in [1.54, 1.807) is 0 Å². The van der Waals surface area contributed by atoms with Crippen LogP contribution in [0.25, 0.3) is 0 Å². The third-order valence-electron chi connectivity index (χ3n) is 4.30. The summed E-state index contributed by atoms with van der Waals surface area (Å²) in [4.78, 5) is 15.7. The van der Waals surface area contributed by atoms with E-state index in [-0.39, 0.29) is 16.8 Å². The fourth-order valence-corrected chi connectivity index (χ4v) is 3.42.